The van der Waals surface area contributed by atoms with Gasteiger partial charge in [-0.25, -0.2) is 0 Å². The molecule has 0 spiro atoms. The van der Waals surface area contributed by atoms with Crippen LogP contribution < -0.4 is 0 Å². The summed E-state index contributed by atoms with van der Waals surface area (Å²) in [4.78, 5) is 25.3. The van der Waals surface area contributed by atoms with Crippen molar-refractivity contribution in [1.82, 2.24) is 0 Å². The third kappa shape index (κ3) is 4.29. The Morgan fingerprint density at radius 1 is 1.00 bits per heavy atom. The molecule has 0 aromatic heterocycles. The third-order valence-corrected chi connectivity index (χ3v) is 4.61. The zero-order valence-corrected chi connectivity index (χ0v) is 14.6. The van der Waals surface area contributed by atoms with Crippen molar-refractivity contribution in [2.45, 2.75) is 30.7 Å². The molecule has 0 aliphatic heterocycles. The summed E-state index contributed by atoms with van der Waals surface area (Å²) >= 11 is 3.36. The van der Waals surface area contributed by atoms with E-state index in [0.717, 1.165) is 5.56 Å². The molecule has 0 heterocycles. The van der Waals surface area contributed by atoms with Crippen LogP contribution in [0.3, 0.4) is 0 Å². The number of benzene rings is 2. The molecule has 2 rings (SSSR count). The Balaban J connectivity index is 2.15. The van der Waals surface area contributed by atoms with E-state index in [-0.39, 0.29) is 12.4 Å². The summed E-state index contributed by atoms with van der Waals surface area (Å²) in [6.45, 7) is 2.08. The van der Waals surface area contributed by atoms with Crippen molar-refractivity contribution < 1.29 is 14.3 Å². The Morgan fingerprint density at radius 3 is 2.13 bits per heavy atom. The summed E-state index contributed by atoms with van der Waals surface area (Å²) in [6, 6.07) is 18.2. The number of rotatable bonds is 7. The first-order valence-electron chi connectivity index (χ1n) is 7.58. The third-order valence-electron chi connectivity index (χ3n) is 3.53. The second kappa shape index (κ2) is 8.06. The Kier molecular flexibility index (Phi) is 6.11. The normalized spacial score (nSPS) is 13.1. The van der Waals surface area contributed by atoms with Gasteiger partial charge in [0.1, 0.15) is 6.61 Å². The number of halogens is 1. The van der Waals surface area contributed by atoms with E-state index < -0.39 is 10.3 Å². The van der Waals surface area contributed by atoms with E-state index in [0.29, 0.717) is 18.4 Å². The average molecular weight is 375 g/mol. The zero-order chi connectivity index (χ0) is 16.7. The molecule has 1 atom stereocenters. The maximum Gasteiger partial charge on any atom is 0.331 e. The minimum atomic E-state index is -1.34. The van der Waals surface area contributed by atoms with Gasteiger partial charge in [0.15, 0.2) is 10.1 Å². The van der Waals surface area contributed by atoms with Crippen LogP contribution in [0.15, 0.2) is 60.7 Å². The number of esters is 1. The van der Waals surface area contributed by atoms with E-state index >= 15 is 0 Å². The van der Waals surface area contributed by atoms with Crippen molar-refractivity contribution >= 4 is 27.7 Å². The van der Waals surface area contributed by atoms with Crippen LogP contribution >= 0.6 is 15.9 Å². The number of ether oxygens (including phenoxy) is 1. The molecule has 0 saturated carbocycles. The molecule has 0 N–H and O–H groups in total. The topological polar surface area (TPSA) is 43.4 Å². The van der Waals surface area contributed by atoms with Crippen LogP contribution in [0.1, 0.15) is 35.7 Å². The second-order valence-electron chi connectivity index (χ2n) is 5.31. The van der Waals surface area contributed by atoms with Gasteiger partial charge in [0.2, 0.25) is 0 Å². The van der Waals surface area contributed by atoms with Gasteiger partial charge in [-0.1, -0.05) is 89.9 Å². The molecular formula is C19H19BrO3. The largest absolute Gasteiger partial charge is 0.459 e. The lowest BCUT2D eigenvalue weighted by atomic mass is 9.93. The fraction of sp³-hybridized carbons (Fsp3) is 0.263. The molecule has 0 amide bonds. The lowest BCUT2D eigenvalue weighted by Crippen LogP contribution is -2.42. The number of ketones is 1. The predicted octanol–water partition coefficient (Wildman–Crippen LogP) is 4.55. The van der Waals surface area contributed by atoms with Gasteiger partial charge in [-0.05, 0) is 12.0 Å². The quantitative estimate of drug-likeness (QED) is 0.309. The van der Waals surface area contributed by atoms with Crippen LogP contribution in [0.4, 0.5) is 0 Å². The van der Waals surface area contributed by atoms with Gasteiger partial charge in [0, 0.05) is 5.56 Å². The molecule has 0 aliphatic carbocycles. The van der Waals surface area contributed by atoms with Gasteiger partial charge in [-0.15, -0.1) is 0 Å². The number of Topliss-reactive ketones (excluding diaryl/α,β-unsaturated/α-hetero) is 1. The number of carbonyl (C=O) groups excluding carboxylic acids is 2. The number of hydrogen-bond donors (Lipinski definition) is 0. The first-order valence-corrected chi connectivity index (χ1v) is 8.37. The molecule has 0 saturated heterocycles. The number of hydrogen-bond acceptors (Lipinski definition) is 3. The van der Waals surface area contributed by atoms with E-state index in [2.05, 4.69) is 15.9 Å². The number of alkyl halides is 1. The first-order chi connectivity index (χ1) is 11.1. The van der Waals surface area contributed by atoms with Crippen molar-refractivity contribution in [2.24, 2.45) is 0 Å². The molecule has 0 bridgehead atoms. The van der Waals surface area contributed by atoms with Crippen LogP contribution in [-0.4, -0.2) is 16.1 Å². The average Bonchev–Trinajstić information content (AvgIpc) is 2.60. The highest BCUT2D eigenvalue weighted by molar-refractivity contribution is 9.10. The highest BCUT2D eigenvalue weighted by Gasteiger charge is 2.44. The van der Waals surface area contributed by atoms with E-state index in [1.165, 1.54) is 0 Å². The van der Waals surface area contributed by atoms with Crippen molar-refractivity contribution in [2.75, 3.05) is 0 Å². The summed E-state index contributed by atoms with van der Waals surface area (Å²) in [6.07, 6.45) is 1.07. The van der Waals surface area contributed by atoms with E-state index in [4.69, 9.17) is 4.74 Å². The molecule has 1 unspecified atom stereocenters. The maximum atomic E-state index is 12.8. The van der Waals surface area contributed by atoms with Crippen LogP contribution in [0, 0.1) is 0 Å². The smallest absolute Gasteiger partial charge is 0.331 e. The van der Waals surface area contributed by atoms with Gasteiger partial charge < -0.3 is 4.74 Å². The maximum absolute atomic E-state index is 12.8. The van der Waals surface area contributed by atoms with Crippen LogP contribution in [0.5, 0.6) is 0 Å². The highest BCUT2D eigenvalue weighted by atomic mass is 79.9. The van der Waals surface area contributed by atoms with Crippen molar-refractivity contribution in [3.8, 4) is 0 Å². The fourth-order valence-corrected chi connectivity index (χ4v) is 3.05. The summed E-state index contributed by atoms with van der Waals surface area (Å²) in [7, 11) is 0. The molecule has 0 radical (unpaired) electrons. The molecule has 0 aliphatic rings. The molecule has 2 aromatic carbocycles. The molecule has 4 heteroatoms. The molecule has 23 heavy (non-hydrogen) atoms. The van der Waals surface area contributed by atoms with Gasteiger partial charge in [-0.2, -0.15) is 0 Å². The van der Waals surface area contributed by atoms with Gasteiger partial charge in [0.05, 0.1) is 0 Å². The Morgan fingerprint density at radius 2 is 1.57 bits per heavy atom. The monoisotopic (exact) mass is 374 g/mol. The molecule has 120 valence electrons. The Hall–Kier alpha value is -1.94. The minimum Gasteiger partial charge on any atom is -0.459 e. The SMILES string of the molecule is CCCC(Br)(C(=O)OCc1ccccc1)C(=O)c1ccccc1. The first kappa shape index (κ1) is 17.4. The van der Waals surface area contributed by atoms with E-state index in [1.807, 2.05) is 43.3 Å². The highest BCUT2D eigenvalue weighted by Crippen LogP contribution is 2.31. The number of carbonyl (C=O) groups is 2. The standard InChI is InChI=1S/C19H19BrO3/c1-2-13-19(20,17(21)16-11-7-4-8-12-16)18(22)23-14-15-9-5-3-6-10-15/h3-12H,2,13-14H2,1H3. The molecular weight excluding hydrogens is 356 g/mol. The van der Waals surface area contributed by atoms with Gasteiger partial charge in [0.25, 0.3) is 0 Å². The Labute approximate surface area is 144 Å². The van der Waals surface area contributed by atoms with Crippen LogP contribution in [0.2, 0.25) is 0 Å². The predicted molar refractivity (Wildman–Crippen MR) is 93.6 cm³/mol. The summed E-state index contributed by atoms with van der Waals surface area (Å²) in [5, 5.41) is 0. The Bertz CT molecular complexity index is 655. The molecule has 0 fully saturated rings. The summed E-state index contributed by atoms with van der Waals surface area (Å²) in [5.74, 6) is -0.810. The van der Waals surface area contributed by atoms with E-state index in [9.17, 15) is 9.59 Å². The molecule has 3 nitrogen and oxygen atoms in total. The lowest BCUT2D eigenvalue weighted by molar-refractivity contribution is -0.146. The van der Waals surface area contributed by atoms with E-state index in [1.54, 1.807) is 24.3 Å². The second-order valence-corrected chi connectivity index (χ2v) is 6.66. The summed E-state index contributed by atoms with van der Waals surface area (Å²) in [5.41, 5.74) is 1.38. The lowest BCUT2D eigenvalue weighted by Gasteiger charge is -2.23. The van der Waals surface area contributed by atoms with Crippen molar-refractivity contribution in [1.29, 1.82) is 0 Å². The minimum absolute atomic E-state index is 0.152. The fourth-order valence-electron chi connectivity index (χ4n) is 2.31. The van der Waals surface area contributed by atoms with Crippen LogP contribution in [0.25, 0.3) is 0 Å². The van der Waals surface area contributed by atoms with Crippen molar-refractivity contribution in [3.63, 3.8) is 0 Å². The van der Waals surface area contributed by atoms with Crippen LogP contribution in [-0.2, 0) is 16.1 Å². The van der Waals surface area contributed by atoms with Gasteiger partial charge in [-0.3, -0.25) is 9.59 Å². The zero-order valence-electron chi connectivity index (χ0n) is 13.0. The van der Waals surface area contributed by atoms with Gasteiger partial charge >= 0.3 is 5.97 Å². The summed E-state index contributed by atoms with van der Waals surface area (Å²) < 4.78 is 4.05. The van der Waals surface area contributed by atoms with Crippen molar-refractivity contribution in [3.05, 3.63) is 71.8 Å². The molecule has 2 aromatic rings.